The summed E-state index contributed by atoms with van der Waals surface area (Å²) in [6.07, 6.45) is 6.19. The Morgan fingerprint density at radius 3 is 2.62 bits per heavy atom. The van der Waals surface area contributed by atoms with Gasteiger partial charge < -0.3 is 5.73 Å². The van der Waals surface area contributed by atoms with E-state index in [0.29, 0.717) is 0 Å². The zero-order valence-corrected chi connectivity index (χ0v) is 10.8. The molecular formula is C13H17BrFN. The molecule has 3 heteroatoms. The normalized spacial score (nSPS) is 18.9. The third-order valence-corrected chi connectivity index (χ3v) is 3.83. The first-order valence-corrected chi connectivity index (χ1v) is 6.66. The van der Waals surface area contributed by atoms with E-state index in [4.69, 9.17) is 5.73 Å². The zero-order chi connectivity index (χ0) is 11.5. The van der Waals surface area contributed by atoms with Crippen molar-refractivity contribution in [1.82, 2.24) is 0 Å². The van der Waals surface area contributed by atoms with Crippen molar-refractivity contribution in [1.29, 1.82) is 0 Å². The number of benzene rings is 1. The van der Waals surface area contributed by atoms with E-state index in [1.54, 1.807) is 6.07 Å². The molecule has 0 aliphatic heterocycles. The molecule has 1 fully saturated rings. The van der Waals surface area contributed by atoms with E-state index >= 15 is 0 Å². The number of halogens is 2. The highest BCUT2D eigenvalue weighted by molar-refractivity contribution is 9.10. The first-order valence-electron chi connectivity index (χ1n) is 5.87. The van der Waals surface area contributed by atoms with Gasteiger partial charge in [-0.15, -0.1) is 0 Å². The SMILES string of the molecule is NC(CC1CCCC1)c1cc(F)cc(Br)c1. The van der Waals surface area contributed by atoms with Crippen LogP contribution in [0, 0.1) is 11.7 Å². The summed E-state index contributed by atoms with van der Waals surface area (Å²) in [5, 5.41) is 0. The van der Waals surface area contributed by atoms with Crippen LogP contribution >= 0.6 is 15.9 Å². The fourth-order valence-corrected chi connectivity index (χ4v) is 3.01. The number of nitrogens with two attached hydrogens (primary N) is 1. The maximum atomic E-state index is 13.2. The van der Waals surface area contributed by atoms with Gasteiger partial charge in [-0.3, -0.25) is 0 Å². The molecule has 1 aromatic rings. The monoisotopic (exact) mass is 285 g/mol. The molecule has 1 nitrogen and oxygen atoms in total. The van der Waals surface area contributed by atoms with Crippen molar-refractivity contribution in [2.24, 2.45) is 11.7 Å². The second kappa shape index (κ2) is 5.28. The van der Waals surface area contributed by atoms with Crippen molar-refractivity contribution in [3.8, 4) is 0 Å². The van der Waals surface area contributed by atoms with E-state index in [9.17, 15) is 4.39 Å². The van der Waals surface area contributed by atoms with E-state index in [1.807, 2.05) is 6.07 Å². The molecule has 0 radical (unpaired) electrons. The van der Waals surface area contributed by atoms with Crippen molar-refractivity contribution in [2.75, 3.05) is 0 Å². The van der Waals surface area contributed by atoms with Crippen molar-refractivity contribution in [3.63, 3.8) is 0 Å². The average Bonchev–Trinajstić information content (AvgIpc) is 2.68. The van der Waals surface area contributed by atoms with Gasteiger partial charge in [0.05, 0.1) is 0 Å². The molecule has 0 bridgehead atoms. The first-order chi connectivity index (χ1) is 7.65. The van der Waals surface area contributed by atoms with Crippen LogP contribution in [-0.2, 0) is 0 Å². The molecule has 1 aliphatic carbocycles. The second-order valence-corrected chi connectivity index (χ2v) is 5.61. The fourth-order valence-electron chi connectivity index (χ4n) is 2.53. The first kappa shape index (κ1) is 12.1. The Labute approximate surface area is 104 Å². The van der Waals surface area contributed by atoms with E-state index in [-0.39, 0.29) is 11.9 Å². The highest BCUT2D eigenvalue weighted by Crippen LogP contribution is 2.32. The highest BCUT2D eigenvalue weighted by atomic mass is 79.9. The molecule has 1 saturated carbocycles. The van der Waals surface area contributed by atoms with E-state index in [0.717, 1.165) is 22.4 Å². The molecule has 2 N–H and O–H groups in total. The largest absolute Gasteiger partial charge is 0.324 e. The Bertz CT molecular complexity index is 341. The average molecular weight is 286 g/mol. The molecule has 0 heterocycles. The summed E-state index contributed by atoms with van der Waals surface area (Å²) in [6, 6.07) is 4.90. The second-order valence-electron chi connectivity index (χ2n) is 4.70. The van der Waals surface area contributed by atoms with Gasteiger partial charge in [-0.25, -0.2) is 4.39 Å². The Balaban J connectivity index is 2.04. The Hall–Kier alpha value is -0.410. The van der Waals surface area contributed by atoms with Crippen molar-refractivity contribution in [2.45, 2.75) is 38.1 Å². The molecule has 0 aromatic heterocycles. The van der Waals surface area contributed by atoms with Crippen LogP contribution in [0.3, 0.4) is 0 Å². The third kappa shape index (κ3) is 3.05. The summed E-state index contributed by atoms with van der Waals surface area (Å²) in [7, 11) is 0. The molecule has 88 valence electrons. The highest BCUT2D eigenvalue weighted by Gasteiger charge is 2.19. The van der Waals surface area contributed by atoms with Gasteiger partial charge in [-0.2, -0.15) is 0 Å². The number of hydrogen-bond acceptors (Lipinski definition) is 1. The van der Waals surface area contributed by atoms with Crippen LogP contribution in [0.5, 0.6) is 0 Å². The van der Waals surface area contributed by atoms with Gasteiger partial charge in [-0.1, -0.05) is 41.6 Å². The van der Waals surface area contributed by atoms with Crippen LogP contribution in [-0.4, -0.2) is 0 Å². The zero-order valence-electron chi connectivity index (χ0n) is 9.26. The molecule has 1 aliphatic rings. The van der Waals surface area contributed by atoms with Gasteiger partial charge in [0.2, 0.25) is 0 Å². The number of rotatable bonds is 3. The van der Waals surface area contributed by atoms with Crippen LogP contribution in [0.1, 0.15) is 43.7 Å². The number of hydrogen-bond donors (Lipinski definition) is 1. The molecule has 0 amide bonds. The molecule has 1 unspecified atom stereocenters. The van der Waals surface area contributed by atoms with E-state index in [1.165, 1.54) is 31.7 Å². The quantitative estimate of drug-likeness (QED) is 0.886. The molecule has 2 rings (SSSR count). The van der Waals surface area contributed by atoms with Gasteiger partial charge in [0.1, 0.15) is 5.82 Å². The fraction of sp³-hybridized carbons (Fsp3) is 0.538. The topological polar surface area (TPSA) is 26.0 Å². The van der Waals surface area contributed by atoms with Gasteiger partial charge in [0.15, 0.2) is 0 Å². The van der Waals surface area contributed by atoms with Gasteiger partial charge in [0, 0.05) is 10.5 Å². The van der Waals surface area contributed by atoms with Gasteiger partial charge in [0.25, 0.3) is 0 Å². The molecule has 1 aromatic carbocycles. The van der Waals surface area contributed by atoms with Crippen LogP contribution < -0.4 is 5.73 Å². The summed E-state index contributed by atoms with van der Waals surface area (Å²) < 4.78 is 14.0. The van der Waals surface area contributed by atoms with Crippen LogP contribution in [0.15, 0.2) is 22.7 Å². The standard InChI is InChI=1S/C13H17BrFN/c14-11-6-10(7-12(15)8-11)13(16)5-9-3-1-2-4-9/h6-9,13H,1-5,16H2. The Morgan fingerprint density at radius 2 is 2.00 bits per heavy atom. The predicted molar refractivity (Wildman–Crippen MR) is 67.6 cm³/mol. The minimum Gasteiger partial charge on any atom is -0.324 e. The lowest BCUT2D eigenvalue weighted by atomic mass is 9.94. The molecule has 0 saturated heterocycles. The van der Waals surface area contributed by atoms with Crippen LogP contribution in [0.25, 0.3) is 0 Å². The molecule has 1 atom stereocenters. The lowest BCUT2D eigenvalue weighted by Gasteiger charge is -2.17. The Kier molecular flexibility index (Phi) is 3.98. The summed E-state index contributed by atoms with van der Waals surface area (Å²) in [6.45, 7) is 0. The van der Waals surface area contributed by atoms with Crippen LogP contribution in [0.4, 0.5) is 4.39 Å². The lowest BCUT2D eigenvalue weighted by molar-refractivity contribution is 0.449. The molecule has 16 heavy (non-hydrogen) atoms. The van der Waals surface area contributed by atoms with Crippen molar-refractivity contribution in [3.05, 3.63) is 34.1 Å². The van der Waals surface area contributed by atoms with E-state index < -0.39 is 0 Å². The predicted octanol–water partition coefficient (Wildman–Crippen LogP) is 4.17. The molecular weight excluding hydrogens is 269 g/mol. The minimum atomic E-state index is -0.216. The maximum Gasteiger partial charge on any atom is 0.124 e. The summed E-state index contributed by atoms with van der Waals surface area (Å²) in [5.41, 5.74) is 7.03. The smallest absolute Gasteiger partial charge is 0.124 e. The van der Waals surface area contributed by atoms with Gasteiger partial charge >= 0.3 is 0 Å². The maximum absolute atomic E-state index is 13.2. The Morgan fingerprint density at radius 1 is 1.31 bits per heavy atom. The molecule has 0 spiro atoms. The summed E-state index contributed by atoms with van der Waals surface area (Å²) in [5.74, 6) is 0.517. The minimum absolute atomic E-state index is 0.0323. The summed E-state index contributed by atoms with van der Waals surface area (Å²) in [4.78, 5) is 0. The van der Waals surface area contributed by atoms with Gasteiger partial charge in [-0.05, 0) is 36.1 Å². The van der Waals surface area contributed by atoms with Crippen LogP contribution in [0.2, 0.25) is 0 Å². The summed E-state index contributed by atoms with van der Waals surface area (Å²) >= 11 is 3.30. The van der Waals surface area contributed by atoms with Crippen molar-refractivity contribution >= 4 is 15.9 Å². The third-order valence-electron chi connectivity index (χ3n) is 3.38. The lowest BCUT2D eigenvalue weighted by Crippen LogP contribution is -2.14. The van der Waals surface area contributed by atoms with E-state index in [2.05, 4.69) is 15.9 Å². The van der Waals surface area contributed by atoms with Crippen molar-refractivity contribution < 1.29 is 4.39 Å².